The van der Waals surface area contributed by atoms with Crippen molar-refractivity contribution in [1.29, 1.82) is 0 Å². The lowest BCUT2D eigenvalue weighted by atomic mass is 14.0. The van der Waals surface area contributed by atoms with Crippen molar-refractivity contribution < 1.29 is 81.1 Å². The largest absolute Gasteiger partial charge is 0.219 e. The highest BCUT2D eigenvalue weighted by atomic mass is 18.0. The lowest BCUT2D eigenvalue weighted by molar-refractivity contribution is -0.883. The molecule has 0 atom stereocenters. The van der Waals surface area contributed by atoms with Crippen LogP contribution in [0.15, 0.2) is 0 Å². The molecule has 0 radical (unpaired) electrons. The molecule has 2 N–H and O–H groups in total. The lowest BCUT2D eigenvalue weighted by Crippen LogP contribution is -2.04. The minimum atomic E-state index is 2.86. The molecule has 16 nitrogen and oxygen atoms in total. The van der Waals surface area contributed by atoms with Crippen molar-refractivity contribution in [3.63, 3.8) is 0 Å². The molecule has 0 heterocycles. The maximum atomic E-state index is 7.45. The first kappa shape index (κ1) is 15.4. The molecule has 16 heteroatoms. The molecule has 0 aromatic rings. The van der Waals surface area contributed by atoms with Crippen LogP contribution in [0, 0.1) is 0 Å². The SMILES string of the molecule is OOOOOOOOOOOOOOOO. The van der Waals surface area contributed by atoms with E-state index in [-0.39, 0.29) is 0 Å². The number of hydrogen-bond acceptors (Lipinski definition) is 16. The zero-order valence-electron chi connectivity index (χ0n) is 6.61. The van der Waals surface area contributed by atoms with Gasteiger partial charge in [-0.1, -0.05) is 0 Å². The Morgan fingerprint density at radius 2 is 0.500 bits per heavy atom. The predicted octanol–water partition coefficient (Wildman–Crippen LogP) is -0.940. The Kier molecular flexibility index (Phi) is 13.8. The Labute approximate surface area is 82.5 Å². The van der Waals surface area contributed by atoms with E-state index in [9.17, 15) is 0 Å². The first-order chi connectivity index (χ1) is 7.91. The van der Waals surface area contributed by atoms with Gasteiger partial charge in [0, 0.05) is 0 Å². The molecule has 0 aromatic heterocycles. The van der Waals surface area contributed by atoms with Crippen molar-refractivity contribution in [3.8, 4) is 0 Å². The summed E-state index contributed by atoms with van der Waals surface area (Å²) in [6.45, 7) is 0. The molecule has 0 aliphatic heterocycles. The summed E-state index contributed by atoms with van der Waals surface area (Å²) in [6.07, 6.45) is 0. The van der Waals surface area contributed by atoms with E-state index in [1.54, 1.807) is 0 Å². The van der Waals surface area contributed by atoms with E-state index in [0.717, 1.165) is 0 Å². The molecular weight excluding hydrogens is 256 g/mol. The van der Waals surface area contributed by atoms with E-state index in [4.69, 9.17) is 10.5 Å². The molecule has 0 fully saturated rings. The van der Waals surface area contributed by atoms with Crippen LogP contribution >= 0.6 is 0 Å². The third-order valence-electron chi connectivity index (χ3n) is 0.366. The third-order valence-corrected chi connectivity index (χ3v) is 0.366. The van der Waals surface area contributed by atoms with Crippen LogP contribution in [-0.2, 0) is 70.5 Å². The van der Waals surface area contributed by atoms with Gasteiger partial charge in [-0.05, 0) is 70.5 Å². The van der Waals surface area contributed by atoms with E-state index in [1.807, 2.05) is 0 Å². The highest BCUT2D eigenvalue weighted by Crippen LogP contribution is 1.91. The van der Waals surface area contributed by atoms with Gasteiger partial charge >= 0.3 is 0 Å². The molecule has 0 bridgehead atoms. The molecule has 16 heavy (non-hydrogen) atoms. The van der Waals surface area contributed by atoms with Gasteiger partial charge in [0.2, 0.25) is 0 Å². The Morgan fingerprint density at radius 3 is 0.688 bits per heavy atom. The zero-order chi connectivity index (χ0) is 11.9. The average molecular weight is 258 g/mol. The van der Waals surface area contributed by atoms with Crippen molar-refractivity contribution in [2.75, 3.05) is 0 Å². The van der Waals surface area contributed by atoms with Crippen LogP contribution in [0.4, 0.5) is 0 Å². The first-order valence-corrected chi connectivity index (χ1v) is 2.53. The van der Waals surface area contributed by atoms with Gasteiger partial charge in [0.1, 0.15) is 0 Å². The van der Waals surface area contributed by atoms with Crippen LogP contribution < -0.4 is 0 Å². The minimum absolute atomic E-state index is 2.86. The fraction of sp³-hybridized carbons (Fsp3) is 0. The van der Waals surface area contributed by atoms with Gasteiger partial charge in [0.15, 0.2) is 0 Å². The quantitative estimate of drug-likeness (QED) is 0.235. The van der Waals surface area contributed by atoms with E-state index >= 15 is 0 Å². The highest BCUT2D eigenvalue weighted by molar-refractivity contribution is 3.06. The molecule has 0 rings (SSSR count). The predicted molar refractivity (Wildman–Crippen MR) is 20.4 cm³/mol. The molecule has 0 saturated carbocycles. The summed E-state index contributed by atoms with van der Waals surface area (Å²) >= 11 is 0. The van der Waals surface area contributed by atoms with Gasteiger partial charge < -0.3 is 0 Å². The van der Waals surface area contributed by atoms with Gasteiger partial charge in [-0.15, -0.1) is 0 Å². The third kappa shape index (κ3) is 13.4. The summed E-state index contributed by atoms with van der Waals surface area (Å²) in [6, 6.07) is 0. The van der Waals surface area contributed by atoms with Crippen LogP contribution in [0.2, 0.25) is 0 Å². The zero-order valence-corrected chi connectivity index (χ0v) is 6.61. The van der Waals surface area contributed by atoms with Crippen LogP contribution in [0.5, 0.6) is 0 Å². The van der Waals surface area contributed by atoms with Crippen molar-refractivity contribution in [2.45, 2.75) is 0 Å². The van der Waals surface area contributed by atoms with E-state index < -0.39 is 0 Å². The molecule has 0 amide bonds. The smallest absolute Gasteiger partial charge is 0.0000000000000629 e. The van der Waals surface area contributed by atoms with Crippen LogP contribution in [0.3, 0.4) is 0 Å². The molecular formula is H2O16. The summed E-state index contributed by atoms with van der Waals surface area (Å²) in [7, 11) is 0. The van der Waals surface area contributed by atoms with Crippen LogP contribution in [-0.4, -0.2) is 10.5 Å². The van der Waals surface area contributed by atoms with E-state index in [1.165, 1.54) is 0 Å². The molecule has 0 saturated heterocycles. The van der Waals surface area contributed by atoms with Crippen molar-refractivity contribution in [3.05, 3.63) is 0 Å². The number of rotatable bonds is 13. The monoisotopic (exact) mass is 258 g/mol. The van der Waals surface area contributed by atoms with Gasteiger partial charge in [0.05, 0.1) is 0 Å². The fourth-order valence-corrected chi connectivity index (χ4v) is 0.138. The maximum absolute atomic E-state index is 7.45. The van der Waals surface area contributed by atoms with Gasteiger partial charge in [0.25, 0.3) is 0 Å². The van der Waals surface area contributed by atoms with Crippen molar-refractivity contribution >= 4 is 0 Å². The average Bonchev–Trinajstić information content (AvgIpc) is 2.31. The van der Waals surface area contributed by atoms with Gasteiger partial charge in [-0.3, -0.25) is 0 Å². The molecule has 0 aromatic carbocycles. The van der Waals surface area contributed by atoms with Crippen LogP contribution in [0.25, 0.3) is 0 Å². The van der Waals surface area contributed by atoms with E-state index in [0.29, 0.717) is 0 Å². The molecule has 98 valence electrons. The summed E-state index contributed by atoms with van der Waals surface area (Å²) in [5.41, 5.74) is 0. The second kappa shape index (κ2) is 14.4. The minimum Gasteiger partial charge on any atom is -0.219 e. The topological polar surface area (TPSA) is 170 Å². The summed E-state index contributed by atoms with van der Waals surface area (Å²) < 4.78 is 0. The summed E-state index contributed by atoms with van der Waals surface area (Å²) in [5, 5.41) is 61.0. The number of hydrogen-bond donors (Lipinski definition) is 2. The normalized spacial score (nSPS) is 10.9. The molecule has 0 aliphatic rings. The molecule has 0 unspecified atom stereocenters. The standard InChI is InChI=1S/H2O16/c1-3-5-7-9-11-13-15-16-14-12-10-8-6-4-2/h1-2H. The van der Waals surface area contributed by atoms with E-state index in [2.05, 4.69) is 70.5 Å². The summed E-state index contributed by atoms with van der Waals surface area (Å²) in [4.78, 5) is 0. The van der Waals surface area contributed by atoms with Crippen molar-refractivity contribution in [2.24, 2.45) is 0 Å². The summed E-state index contributed by atoms with van der Waals surface area (Å²) in [5.74, 6) is 0. The molecule has 0 aliphatic carbocycles. The second-order valence-corrected chi connectivity index (χ2v) is 0.966. The maximum Gasteiger partial charge on any atom is -0.0000000000000629 e. The Morgan fingerprint density at radius 1 is 0.312 bits per heavy atom. The fourth-order valence-electron chi connectivity index (χ4n) is 0.138. The Hall–Kier alpha value is -0.640. The van der Waals surface area contributed by atoms with Crippen LogP contribution in [0.1, 0.15) is 0 Å². The Balaban J connectivity index is 2.83. The highest BCUT2D eigenvalue weighted by Gasteiger charge is 1.97. The lowest BCUT2D eigenvalue weighted by Gasteiger charge is -1.97. The van der Waals surface area contributed by atoms with Gasteiger partial charge in [-0.25, -0.2) is 10.5 Å². The Bertz CT molecular complexity index is 92.6. The van der Waals surface area contributed by atoms with Gasteiger partial charge in [-0.2, -0.15) is 0 Å². The molecule has 0 spiro atoms. The second-order valence-electron chi connectivity index (χ2n) is 0.966. The van der Waals surface area contributed by atoms with Crippen molar-refractivity contribution in [1.82, 2.24) is 0 Å². The first-order valence-electron chi connectivity index (χ1n) is 2.53.